The molecule has 3 heteroatoms. The van der Waals surface area contributed by atoms with Crippen molar-refractivity contribution in [2.75, 3.05) is 26.2 Å². The van der Waals surface area contributed by atoms with Gasteiger partial charge in [0.2, 0.25) is 5.91 Å². The van der Waals surface area contributed by atoms with Crippen LogP contribution in [-0.2, 0) is 11.2 Å². The number of amides is 1. The van der Waals surface area contributed by atoms with Crippen LogP contribution in [0.1, 0.15) is 51.2 Å². The summed E-state index contributed by atoms with van der Waals surface area (Å²) in [6, 6.07) is 10.0. The Hall–Kier alpha value is -1.61. The third-order valence-electron chi connectivity index (χ3n) is 6.95. The second kappa shape index (κ2) is 7.79. The second-order valence-electron chi connectivity index (χ2n) is 9.13. The summed E-state index contributed by atoms with van der Waals surface area (Å²) in [6.07, 6.45) is 7.40. The first-order valence-electron chi connectivity index (χ1n) is 10.8. The van der Waals surface area contributed by atoms with E-state index in [1.54, 1.807) is 0 Å². The minimum absolute atomic E-state index is 0.105. The van der Waals surface area contributed by atoms with Crippen molar-refractivity contribution in [2.45, 2.75) is 52.5 Å². The van der Waals surface area contributed by atoms with Crippen LogP contribution in [0.15, 0.2) is 30.3 Å². The molecule has 1 aromatic rings. The molecule has 3 nitrogen and oxygen atoms in total. The number of likely N-dealkylation sites (tertiary alicyclic amines) is 2. The molecule has 27 heavy (non-hydrogen) atoms. The maximum Gasteiger partial charge on any atom is 0.225 e. The van der Waals surface area contributed by atoms with Crippen LogP contribution in [0.2, 0.25) is 0 Å². The van der Waals surface area contributed by atoms with Crippen molar-refractivity contribution in [1.82, 2.24) is 9.80 Å². The molecule has 0 spiro atoms. The Morgan fingerprint density at radius 3 is 2.63 bits per heavy atom. The SMILES string of the molecule is CC(C)C(=O)N1C[C@H]2CC=C(c3ccc(CCN4CCC[C@H]4C)cc3)[C@H]2C1. The first-order chi connectivity index (χ1) is 13.0. The van der Waals surface area contributed by atoms with Gasteiger partial charge in [0.25, 0.3) is 0 Å². The summed E-state index contributed by atoms with van der Waals surface area (Å²) in [5, 5.41) is 0. The van der Waals surface area contributed by atoms with E-state index in [-0.39, 0.29) is 5.92 Å². The molecule has 4 rings (SSSR count). The van der Waals surface area contributed by atoms with Crippen molar-refractivity contribution < 1.29 is 4.79 Å². The van der Waals surface area contributed by atoms with Crippen LogP contribution in [0.4, 0.5) is 0 Å². The highest BCUT2D eigenvalue weighted by molar-refractivity contribution is 5.80. The first-order valence-corrected chi connectivity index (χ1v) is 10.8. The van der Waals surface area contributed by atoms with E-state index in [2.05, 4.69) is 47.1 Å². The van der Waals surface area contributed by atoms with Gasteiger partial charge >= 0.3 is 0 Å². The molecule has 1 aliphatic carbocycles. The van der Waals surface area contributed by atoms with E-state index in [4.69, 9.17) is 0 Å². The molecule has 0 saturated carbocycles. The average Bonchev–Trinajstić information content (AvgIpc) is 3.35. The number of nitrogens with zero attached hydrogens (tertiary/aromatic N) is 2. The Balaban J connectivity index is 1.37. The third kappa shape index (κ3) is 3.85. The van der Waals surface area contributed by atoms with E-state index in [0.717, 1.165) is 32.0 Å². The molecule has 1 amide bonds. The van der Waals surface area contributed by atoms with Gasteiger partial charge in [0.15, 0.2) is 0 Å². The predicted octanol–water partition coefficient (Wildman–Crippen LogP) is 4.23. The standard InChI is InChI=1S/C24H34N2O/c1-17(2)24(27)26-15-21-10-11-22(23(21)16-26)20-8-6-19(7-9-20)12-14-25-13-4-5-18(25)3/h6-9,11,17-18,21,23H,4-5,10,12-16H2,1-3H3/t18-,21-,23+/m1/s1. The number of allylic oxidation sites excluding steroid dienone is 1. The highest BCUT2D eigenvalue weighted by atomic mass is 16.2. The third-order valence-corrected chi connectivity index (χ3v) is 6.95. The van der Waals surface area contributed by atoms with Crippen LogP contribution < -0.4 is 0 Å². The van der Waals surface area contributed by atoms with Crippen molar-refractivity contribution in [3.8, 4) is 0 Å². The average molecular weight is 367 g/mol. The molecular formula is C24H34N2O. The molecule has 2 heterocycles. The summed E-state index contributed by atoms with van der Waals surface area (Å²) in [4.78, 5) is 17.1. The first kappa shape index (κ1) is 18.7. The van der Waals surface area contributed by atoms with Crippen molar-refractivity contribution >= 4 is 11.5 Å². The molecule has 146 valence electrons. The van der Waals surface area contributed by atoms with Crippen LogP contribution in [-0.4, -0.2) is 47.9 Å². The summed E-state index contributed by atoms with van der Waals surface area (Å²) in [7, 11) is 0. The molecule has 3 atom stereocenters. The molecular weight excluding hydrogens is 332 g/mol. The number of benzene rings is 1. The molecule has 2 fully saturated rings. The lowest BCUT2D eigenvalue weighted by Crippen LogP contribution is -2.32. The summed E-state index contributed by atoms with van der Waals surface area (Å²) in [5.41, 5.74) is 4.27. The van der Waals surface area contributed by atoms with Gasteiger partial charge in [0, 0.05) is 37.5 Å². The quantitative estimate of drug-likeness (QED) is 0.778. The van der Waals surface area contributed by atoms with Crippen molar-refractivity contribution in [1.29, 1.82) is 0 Å². The predicted molar refractivity (Wildman–Crippen MR) is 111 cm³/mol. The molecule has 0 aromatic heterocycles. The lowest BCUT2D eigenvalue weighted by molar-refractivity contribution is -0.133. The highest BCUT2D eigenvalue weighted by Crippen LogP contribution is 2.43. The van der Waals surface area contributed by atoms with Crippen LogP contribution in [0.5, 0.6) is 0 Å². The van der Waals surface area contributed by atoms with E-state index in [1.807, 2.05) is 13.8 Å². The number of carbonyl (C=O) groups is 1. The molecule has 0 bridgehead atoms. The van der Waals surface area contributed by atoms with E-state index in [9.17, 15) is 4.79 Å². The zero-order chi connectivity index (χ0) is 19.0. The van der Waals surface area contributed by atoms with Gasteiger partial charge in [-0.25, -0.2) is 0 Å². The molecule has 0 N–H and O–H groups in total. The fourth-order valence-corrected chi connectivity index (χ4v) is 5.23. The fraction of sp³-hybridized carbons (Fsp3) is 0.625. The molecule has 2 saturated heterocycles. The number of fused-ring (bicyclic) bond motifs is 1. The Morgan fingerprint density at radius 1 is 1.19 bits per heavy atom. The number of hydrogen-bond acceptors (Lipinski definition) is 2. The Bertz CT molecular complexity index is 706. The van der Waals surface area contributed by atoms with Gasteiger partial charge in [-0.3, -0.25) is 4.79 Å². The summed E-state index contributed by atoms with van der Waals surface area (Å²) < 4.78 is 0. The molecule has 1 aromatic carbocycles. The maximum atomic E-state index is 12.4. The fourth-order valence-electron chi connectivity index (χ4n) is 5.23. The van der Waals surface area contributed by atoms with Crippen LogP contribution in [0, 0.1) is 17.8 Å². The maximum absolute atomic E-state index is 12.4. The van der Waals surface area contributed by atoms with Gasteiger partial charge in [0.1, 0.15) is 0 Å². The molecule has 2 aliphatic heterocycles. The number of carbonyl (C=O) groups excluding carboxylic acids is 1. The monoisotopic (exact) mass is 366 g/mol. The summed E-state index contributed by atoms with van der Waals surface area (Å²) >= 11 is 0. The molecule has 0 radical (unpaired) electrons. The minimum atomic E-state index is 0.105. The van der Waals surface area contributed by atoms with Crippen molar-refractivity contribution in [3.63, 3.8) is 0 Å². The lowest BCUT2D eigenvalue weighted by atomic mass is 9.90. The summed E-state index contributed by atoms with van der Waals surface area (Å²) in [6.45, 7) is 10.7. The van der Waals surface area contributed by atoms with Crippen LogP contribution in [0.3, 0.4) is 0 Å². The van der Waals surface area contributed by atoms with Crippen LogP contribution >= 0.6 is 0 Å². The molecule has 3 aliphatic rings. The topological polar surface area (TPSA) is 23.6 Å². The smallest absolute Gasteiger partial charge is 0.225 e. The van der Waals surface area contributed by atoms with E-state index in [1.165, 1.54) is 42.6 Å². The molecule has 0 unspecified atom stereocenters. The van der Waals surface area contributed by atoms with Gasteiger partial charge in [-0.05, 0) is 61.8 Å². The minimum Gasteiger partial charge on any atom is -0.342 e. The van der Waals surface area contributed by atoms with Gasteiger partial charge in [-0.1, -0.05) is 44.2 Å². The van der Waals surface area contributed by atoms with E-state index in [0.29, 0.717) is 17.7 Å². The normalized spacial score (nSPS) is 28.1. The zero-order valence-electron chi connectivity index (χ0n) is 17.2. The zero-order valence-corrected chi connectivity index (χ0v) is 17.2. The van der Waals surface area contributed by atoms with Gasteiger partial charge in [0.05, 0.1) is 0 Å². The van der Waals surface area contributed by atoms with Crippen molar-refractivity contribution in [2.24, 2.45) is 17.8 Å². The summed E-state index contributed by atoms with van der Waals surface area (Å²) in [5.74, 6) is 1.58. The Morgan fingerprint density at radius 2 is 1.96 bits per heavy atom. The van der Waals surface area contributed by atoms with Gasteiger partial charge < -0.3 is 9.80 Å². The Labute approximate surface area is 164 Å². The van der Waals surface area contributed by atoms with E-state index < -0.39 is 0 Å². The lowest BCUT2D eigenvalue weighted by Gasteiger charge is -2.21. The second-order valence-corrected chi connectivity index (χ2v) is 9.13. The van der Waals surface area contributed by atoms with Crippen LogP contribution in [0.25, 0.3) is 5.57 Å². The van der Waals surface area contributed by atoms with Gasteiger partial charge in [-0.2, -0.15) is 0 Å². The van der Waals surface area contributed by atoms with E-state index >= 15 is 0 Å². The Kier molecular flexibility index (Phi) is 5.41. The largest absolute Gasteiger partial charge is 0.342 e. The number of rotatable bonds is 5. The highest BCUT2D eigenvalue weighted by Gasteiger charge is 2.40. The van der Waals surface area contributed by atoms with Crippen molar-refractivity contribution in [3.05, 3.63) is 41.5 Å². The number of hydrogen-bond donors (Lipinski definition) is 0. The van der Waals surface area contributed by atoms with Gasteiger partial charge in [-0.15, -0.1) is 0 Å².